The molecule has 36 heavy (non-hydrogen) atoms. The number of ether oxygens (including phenoxy) is 1. The van der Waals surface area contributed by atoms with E-state index in [9.17, 15) is 4.79 Å². The lowest BCUT2D eigenvalue weighted by Crippen LogP contribution is -2.37. The first-order valence-corrected chi connectivity index (χ1v) is 14.0. The number of nitrogens with one attached hydrogen (secondary N) is 1. The van der Waals surface area contributed by atoms with Crippen LogP contribution in [-0.2, 0) is 24.2 Å². The molecule has 0 aromatic heterocycles. The molecule has 0 spiro atoms. The summed E-state index contributed by atoms with van der Waals surface area (Å²) in [6.07, 6.45) is 1.08. The quantitative estimate of drug-likeness (QED) is 0.448. The van der Waals surface area contributed by atoms with Gasteiger partial charge in [-0.1, -0.05) is 47.1 Å². The number of benzene rings is 3. The number of hydrogen-bond acceptors (Lipinski definition) is 4. The molecule has 2 aliphatic heterocycles. The average molecular weight is 502 g/mol. The minimum absolute atomic E-state index is 0.0476. The molecule has 3 aromatic carbocycles. The van der Waals surface area contributed by atoms with Gasteiger partial charge in [-0.2, -0.15) is 0 Å². The van der Waals surface area contributed by atoms with Crippen molar-refractivity contribution in [2.45, 2.75) is 44.3 Å². The Balaban J connectivity index is 1.19. The Bertz CT molecular complexity index is 1220. The van der Waals surface area contributed by atoms with E-state index < -0.39 is 0 Å². The minimum atomic E-state index is -0.0798. The first-order valence-electron chi connectivity index (χ1n) is 12.8. The van der Waals surface area contributed by atoms with E-state index >= 15 is 0 Å². The van der Waals surface area contributed by atoms with E-state index in [-0.39, 0.29) is 16.6 Å². The monoisotopic (exact) mass is 501 g/mol. The lowest BCUT2D eigenvalue weighted by Gasteiger charge is -2.35. The molecule has 1 N–H and O–H groups in total. The Kier molecular flexibility index (Phi) is 7.97. The number of nitrogens with zero attached hydrogens (tertiary/aromatic N) is 2. The molecule has 2 unspecified atom stereocenters. The van der Waals surface area contributed by atoms with Crippen LogP contribution in [0.5, 0.6) is 0 Å². The summed E-state index contributed by atoms with van der Waals surface area (Å²) in [6.45, 7) is 9.74. The van der Waals surface area contributed by atoms with Gasteiger partial charge in [-0.15, -0.1) is 0 Å². The molecule has 188 valence electrons. The van der Waals surface area contributed by atoms with Gasteiger partial charge in [0.25, 0.3) is 5.91 Å². The number of hydrogen-bond donors (Lipinski definition) is 1. The van der Waals surface area contributed by atoms with Crippen LogP contribution in [0.2, 0.25) is 0 Å². The van der Waals surface area contributed by atoms with Crippen LogP contribution in [0.25, 0.3) is 0 Å². The van der Waals surface area contributed by atoms with Crippen LogP contribution < -0.4 is 5.32 Å². The molecule has 0 aliphatic carbocycles. The Morgan fingerprint density at radius 1 is 1.00 bits per heavy atom. The lowest BCUT2D eigenvalue weighted by molar-refractivity contribution is 0.0771. The van der Waals surface area contributed by atoms with Gasteiger partial charge in [0.15, 0.2) is 0 Å². The van der Waals surface area contributed by atoms with E-state index in [0.29, 0.717) is 11.6 Å². The van der Waals surface area contributed by atoms with Crippen molar-refractivity contribution < 1.29 is 9.53 Å². The molecule has 6 heteroatoms. The van der Waals surface area contributed by atoms with E-state index in [4.69, 9.17) is 4.74 Å². The zero-order chi connectivity index (χ0) is 24.9. The molecule has 3 aromatic rings. The van der Waals surface area contributed by atoms with Gasteiger partial charge in [-0.25, -0.2) is 4.31 Å². The van der Waals surface area contributed by atoms with Crippen LogP contribution in [0.15, 0.2) is 77.7 Å². The van der Waals surface area contributed by atoms with Crippen molar-refractivity contribution in [3.63, 3.8) is 0 Å². The molecule has 0 bridgehead atoms. The summed E-state index contributed by atoms with van der Waals surface area (Å²) in [5.74, 6) is -0.0798. The molecule has 5 rings (SSSR count). The number of amides is 1. The second-order valence-corrected chi connectivity index (χ2v) is 11.6. The van der Waals surface area contributed by atoms with Crippen molar-refractivity contribution >= 4 is 27.6 Å². The molecule has 2 aliphatic rings. The third kappa shape index (κ3) is 5.79. The van der Waals surface area contributed by atoms with Gasteiger partial charge in [0, 0.05) is 48.4 Å². The van der Waals surface area contributed by atoms with Crippen molar-refractivity contribution in [2.24, 2.45) is 0 Å². The SMILES string of the molecule is CC=S(c1ccc(NC(=O)c2ccc(CN3Cc4ccccc4CC3C)cc2)cc1)N1CCOCC1. The highest BCUT2D eigenvalue weighted by atomic mass is 32.2. The summed E-state index contributed by atoms with van der Waals surface area (Å²) in [5.41, 5.74) is 5.61. The molecule has 0 saturated carbocycles. The van der Waals surface area contributed by atoms with Gasteiger partial charge in [0.1, 0.15) is 0 Å². The van der Waals surface area contributed by atoms with E-state index in [2.05, 4.69) is 82.3 Å². The van der Waals surface area contributed by atoms with E-state index in [1.54, 1.807) is 0 Å². The average Bonchev–Trinajstić information content (AvgIpc) is 2.91. The summed E-state index contributed by atoms with van der Waals surface area (Å²) >= 11 is 0. The normalized spacial score (nSPS) is 19.6. The largest absolute Gasteiger partial charge is 0.379 e. The number of anilines is 1. The molecular formula is C30H35N3O2S. The maximum absolute atomic E-state index is 12.9. The fourth-order valence-electron chi connectivity index (χ4n) is 5.00. The number of fused-ring (bicyclic) bond motifs is 1. The van der Waals surface area contributed by atoms with Crippen LogP contribution in [0.1, 0.15) is 40.9 Å². The van der Waals surface area contributed by atoms with E-state index in [0.717, 1.165) is 51.5 Å². The van der Waals surface area contributed by atoms with Crippen LogP contribution in [0, 0.1) is 0 Å². The maximum atomic E-state index is 12.9. The highest BCUT2D eigenvalue weighted by Crippen LogP contribution is 2.32. The van der Waals surface area contributed by atoms with E-state index in [1.807, 2.05) is 24.3 Å². The second kappa shape index (κ2) is 11.5. The van der Waals surface area contributed by atoms with Crippen molar-refractivity contribution in [3.8, 4) is 0 Å². The topological polar surface area (TPSA) is 44.8 Å². The summed E-state index contributed by atoms with van der Waals surface area (Å²) in [7, 11) is -0.0476. The number of rotatable bonds is 6. The fourth-order valence-corrected chi connectivity index (χ4v) is 6.82. The van der Waals surface area contributed by atoms with E-state index in [1.165, 1.54) is 21.6 Å². The Labute approximate surface area is 217 Å². The summed E-state index contributed by atoms with van der Waals surface area (Å²) in [5, 5.41) is 5.30. The lowest BCUT2D eigenvalue weighted by atomic mass is 9.94. The van der Waals surface area contributed by atoms with Crippen LogP contribution in [0.3, 0.4) is 0 Å². The zero-order valence-electron chi connectivity index (χ0n) is 21.2. The molecule has 0 radical (unpaired) electrons. The predicted octanol–water partition coefficient (Wildman–Crippen LogP) is 5.58. The molecule has 2 atom stereocenters. The van der Waals surface area contributed by atoms with Crippen LogP contribution in [-0.4, -0.2) is 52.8 Å². The minimum Gasteiger partial charge on any atom is -0.379 e. The predicted molar refractivity (Wildman–Crippen MR) is 150 cm³/mol. The van der Waals surface area contributed by atoms with Crippen LogP contribution in [0.4, 0.5) is 5.69 Å². The Morgan fingerprint density at radius 3 is 2.39 bits per heavy atom. The van der Waals surface area contributed by atoms with Gasteiger partial charge in [0.05, 0.1) is 13.2 Å². The third-order valence-corrected chi connectivity index (χ3v) is 9.18. The summed E-state index contributed by atoms with van der Waals surface area (Å²) < 4.78 is 7.96. The third-order valence-electron chi connectivity index (χ3n) is 7.06. The summed E-state index contributed by atoms with van der Waals surface area (Å²) in [6, 6.07) is 25.5. The molecule has 1 fully saturated rings. The standard InChI is InChI=1S/C30H35N3O2S/c1-3-36(33-16-18-35-19-17-33)29-14-12-28(13-15-29)31-30(34)25-10-8-24(9-11-25)21-32-22-27-7-5-4-6-26(27)20-23(32)2/h3-15,23H,16-22H2,1-2H3,(H,31,34). The van der Waals surface area contributed by atoms with Crippen molar-refractivity contribution in [1.82, 2.24) is 9.21 Å². The van der Waals surface area contributed by atoms with Gasteiger partial charge >= 0.3 is 0 Å². The Hall–Kier alpha value is -2.77. The number of carbonyl (C=O) groups excluding carboxylic acids is 1. The van der Waals surface area contributed by atoms with Crippen molar-refractivity contribution in [1.29, 1.82) is 0 Å². The highest BCUT2D eigenvalue weighted by Gasteiger charge is 2.22. The molecule has 5 nitrogen and oxygen atoms in total. The maximum Gasteiger partial charge on any atom is 0.255 e. The van der Waals surface area contributed by atoms with Gasteiger partial charge < -0.3 is 10.1 Å². The highest BCUT2D eigenvalue weighted by molar-refractivity contribution is 8.13. The molecule has 1 saturated heterocycles. The fraction of sp³-hybridized carbons (Fsp3) is 0.333. The van der Waals surface area contributed by atoms with Gasteiger partial charge in [0.2, 0.25) is 0 Å². The second-order valence-electron chi connectivity index (χ2n) is 9.49. The first kappa shape index (κ1) is 24.9. The zero-order valence-corrected chi connectivity index (χ0v) is 22.0. The van der Waals surface area contributed by atoms with Crippen molar-refractivity contribution in [3.05, 3.63) is 95.1 Å². The number of carbonyl (C=O) groups is 1. The summed E-state index contributed by atoms with van der Waals surface area (Å²) in [4.78, 5) is 16.7. The van der Waals surface area contributed by atoms with Gasteiger partial charge in [-0.05, 0) is 78.7 Å². The first-order chi connectivity index (χ1) is 17.6. The molecule has 2 heterocycles. The van der Waals surface area contributed by atoms with Crippen molar-refractivity contribution in [2.75, 3.05) is 31.6 Å². The van der Waals surface area contributed by atoms with Crippen LogP contribution >= 0.6 is 10.7 Å². The smallest absolute Gasteiger partial charge is 0.255 e. The number of morpholine rings is 1. The molecular weight excluding hydrogens is 466 g/mol. The van der Waals surface area contributed by atoms with Gasteiger partial charge in [-0.3, -0.25) is 9.69 Å². The molecule has 1 amide bonds. The Morgan fingerprint density at radius 2 is 1.69 bits per heavy atom.